The number of methoxy groups -OCH3 is 1. The summed E-state index contributed by atoms with van der Waals surface area (Å²) in [6.07, 6.45) is 6.16. The second-order valence-electron chi connectivity index (χ2n) is 7.13. The van der Waals surface area contributed by atoms with Gasteiger partial charge < -0.3 is 14.2 Å². The van der Waals surface area contributed by atoms with Gasteiger partial charge in [-0.15, -0.1) is 0 Å². The number of hydrogen-bond acceptors (Lipinski definition) is 4. The van der Waals surface area contributed by atoms with E-state index in [1.165, 1.54) is 5.57 Å². The van der Waals surface area contributed by atoms with Crippen LogP contribution < -0.4 is 0 Å². The first kappa shape index (κ1) is 17.3. The summed E-state index contributed by atoms with van der Waals surface area (Å²) in [5.74, 6) is 0. The molecule has 5 heteroatoms. The molecule has 126 valence electrons. The third kappa shape index (κ3) is 4.71. The second-order valence-corrected chi connectivity index (χ2v) is 7.13. The number of hydrogen-bond donors (Lipinski definition) is 0. The number of nitrogens with zero attached hydrogens (tertiary/aromatic N) is 1. The molecule has 5 nitrogen and oxygen atoms in total. The first-order chi connectivity index (χ1) is 10.4. The number of morpholine rings is 1. The summed E-state index contributed by atoms with van der Waals surface area (Å²) in [6, 6.07) is 0.121. The van der Waals surface area contributed by atoms with Crippen LogP contribution in [-0.4, -0.2) is 55.6 Å². The highest BCUT2D eigenvalue weighted by Crippen LogP contribution is 2.30. The van der Waals surface area contributed by atoms with Crippen molar-refractivity contribution in [2.24, 2.45) is 0 Å². The molecular weight excluding hydrogens is 282 g/mol. The van der Waals surface area contributed by atoms with Gasteiger partial charge in [-0.3, -0.25) is 4.90 Å². The third-order valence-electron chi connectivity index (χ3n) is 3.98. The van der Waals surface area contributed by atoms with E-state index in [2.05, 4.69) is 6.08 Å². The van der Waals surface area contributed by atoms with E-state index in [0.717, 1.165) is 32.3 Å². The molecule has 1 saturated heterocycles. The van der Waals surface area contributed by atoms with Crippen molar-refractivity contribution in [3.63, 3.8) is 0 Å². The Kier molecular flexibility index (Phi) is 5.87. The van der Waals surface area contributed by atoms with Crippen molar-refractivity contribution in [1.82, 2.24) is 4.90 Å². The molecule has 2 aliphatic heterocycles. The number of rotatable bonds is 5. The average Bonchev–Trinajstić information content (AvgIpc) is 2.40. The standard InChI is InChI=1S/C17H29NO4/c1-17(2,3)22-16(19)18-14-9-13(7-5-6-8-20-4)10-15(18)12-21-11-14/h9,14-15H,5-8,10-12H2,1-4H3. The van der Waals surface area contributed by atoms with Crippen molar-refractivity contribution in [2.75, 3.05) is 26.9 Å². The predicted molar refractivity (Wildman–Crippen MR) is 84.9 cm³/mol. The van der Waals surface area contributed by atoms with Gasteiger partial charge in [0.05, 0.1) is 25.3 Å². The van der Waals surface area contributed by atoms with Crippen LogP contribution in [0.15, 0.2) is 11.6 Å². The molecule has 2 bridgehead atoms. The molecule has 0 aromatic carbocycles. The molecule has 1 amide bonds. The van der Waals surface area contributed by atoms with E-state index >= 15 is 0 Å². The number of unbranched alkanes of at least 4 members (excludes halogenated alkanes) is 1. The third-order valence-corrected chi connectivity index (χ3v) is 3.98. The van der Waals surface area contributed by atoms with Gasteiger partial charge in [0.25, 0.3) is 0 Å². The van der Waals surface area contributed by atoms with Gasteiger partial charge in [0, 0.05) is 13.7 Å². The molecule has 0 radical (unpaired) electrons. The van der Waals surface area contributed by atoms with Gasteiger partial charge >= 0.3 is 6.09 Å². The van der Waals surface area contributed by atoms with Gasteiger partial charge in [-0.2, -0.15) is 0 Å². The first-order valence-electron chi connectivity index (χ1n) is 8.18. The molecular formula is C17H29NO4. The van der Waals surface area contributed by atoms with E-state index in [9.17, 15) is 4.79 Å². The Hall–Kier alpha value is -1.07. The van der Waals surface area contributed by atoms with Gasteiger partial charge in [0.1, 0.15) is 5.60 Å². The van der Waals surface area contributed by atoms with Crippen LogP contribution in [-0.2, 0) is 14.2 Å². The summed E-state index contributed by atoms with van der Waals surface area (Å²) in [5.41, 5.74) is 0.977. The number of ether oxygens (including phenoxy) is 3. The van der Waals surface area contributed by atoms with Crippen molar-refractivity contribution >= 4 is 6.09 Å². The molecule has 0 N–H and O–H groups in total. The molecule has 0 aromatic heterocycles. The smallest absolute Gasteiger partial charge is 0.411 e. The molecule has 0 aromatic rings. The summed E-state index contributed by atoms with van der Waals surface area (Å²) in [5, 5.41) is 0. The molecule has 2 unspecified atom stereocenters. The average molecular weight is 311 g/mol. The lowest BCUT2D eigenvalue weighted by Crippen LogP contribution is -2.57. The van der Waals surface area contributed by atoms with Gasteiger partial charge in [0.2, 0.25) is 0 Å². The Morgan fingerprint density at radius 1 is 1.36 bits per heavy atom. The molecule has 2 aliphatic rings. The van der Waals surface area contributed by atoms with Crippen LogP contribution in [0.5, 0.6) is 0 Å². The predicted octanol–water partition coefficient (Wildman–Crippen LogP) is 3.14. The quantitative estimate of drug-likeness (QED) is 0.578. The maximum absolute atomic E-state index is 12.4. The maximum Gasteiger partial charge on any atom is 0.411 e. The summed E-state index contributed by atoms with van der Waals surface area (Å²) >= 11 is 0. The monoisotopic (exact) mass is 311 g/mol. The highest BCUT2D eigenvalue weighted by Gasteiger charge is 2.39. The minimum absolute atomic E-state index is 0.0137. The molecule has 2 heterocycles. The van der Waals surface area contributed by atoms with Crippen LogP contribution in [0, 0.1) is 0 Å². The van der Waals surface area contributed by atoms with E-state index < -0.39 is 5.60 Å². The lowest BCUT2D eigenvalue weighted by Gasteiger charge is -2.44. The Morgan fingerprint density at radius 2 is 2.14 bits per heavy atom. The zero-order chi connectivity index (χ0) is 16.2. The largest absolute Gasteiger partial charge is 0.444 e. The van der Waals surface area contributed by atoms with E-state index in [0.29, 0.717) is 13.2 Å². The summed E-state index contributed by atoms with van der Waals surface area (Å²) in [6.45, 7) is 7.68. The zero-order valence-corrected chi connectivity index (χ0v) is 14.3. The molecule has 2 atom stereocenters. The Balaban J connectivity index is 1.97. The van der Waals surface area contributed by atoms with Gasteiger partial charge in [-0.25, -0.2) is 4.79 Å². The summed E-state index contributed by atoms with van der Waals surface area (Å²) in [4.78, 5) is 14.3. The molecule has 22 heavy (non-hydrogen) atoms. The Bertz CT molecular complexity index is 413. The molecule has 0 spiro atoms. The lowest BCUT2D eigenvalue weighted by molar-refractivity contribution is -0.0538. The first-order valence-corrected chi connectivity index (χ1v) is 8.18. The van der Waals surface area contributed by atoms with E-state index in [4.69, 9.17) is 14.2 Å². The number of carbonyl (C=O) groups excluding carboxylic acids is 1. The molecule has 0 aliphatic carbocycles. The fraction of sp³-hybridized carbons (Fsp3) is 0.824. The van der Waals surface area contributed by atoms with Crippen LogP contribution in [0.25, 0.3) is 0 Å². The maximum atomic E-state index is 12.4. The van der Waals surface area contributed by atoms with Crippen molar-refractivity contribution < 1.29 is 19.0 Å². The molecule has 0 saturated carbocycles. The Labute approximate surface area is 133 Å². The van der Waals surface area contributed by atoms with Gasteiger partial charge in [0.15, 0.2) is 0 Å². The Morgan fingerprint density at radius 3 is 2.77 bits per heavy atom. The minimum atomic E-state index is -0.462. The highest BCUT2D eigenvalue weighted by molar-refractivity contribution is 5.70. The fourth-order valence-electron chi connectivity index (χ4n) is 3.07. The van der Waals surface area contributed by atoms with Crippen molar-refractivity contribution in [2.45, 2.75) is 64.1 Å². The van der Waals surface area contributed by atoms with Crippen LogP contribution in [0.2, 0.25) is 0 Å². The highest BCUT2D eigenvalue weighted by atomic mass is 16.6. The molecule has 2 rings (SSSR count). The van der Waals surface area contributed by atoms with Crippen LogP contribution in [0.3, 0.4) is 0 Å². The fourth-order valence-corrected chi connectivity index (χ4v) is 3.07. The SMILES string of the molecule is COCCCCC1=CC2COCC(C1)N2C(=O)OC(C)(C)C. The van der Waals surface area contributed by atoms with Gasteiger partial charge in [-0.05, 0) is 46.5 Å². The van der Waals surface area contributed by atoms with Crippen LogP contribution in [0.4, 0.5) is 4.79 Å². The number of fused-ring (bicyclic) bond motifs is 2. The van der Waals surface area contributed by atoms with Crippen LogP contribution >= 0.6 is 0 Å². The van der Waals surface area contributed by atoms with E-state index in [-0.39, 0.29) is 18.2 Å². The van der Waals surface area contributed by atoms with E-state index in [1.54, 1.807) is 7.11 Å². The number of carbonyl (C=O) groups is 1. The minimum Gasteiger partial charge on any atom is -0.444 e. The van der Waals surface area contributed by atoms with E-state index in [1.807, 2.05) is 25.7 Å². The summed E-state index contributed by atoms with van der Waals surface area (Å²) < 4.78 is 16.3. The zero-order valence-electron chi connectivity index (χ0n) is 14.3. The molecule has 1 fully saturated rings. The van der Waals surface area contributed by atoms with Gasteiger partial charge in [-0.1, -0.05) is 11.6 Å². The lowest BCUT2D eigenvalue weighted by atomic mass is 9.91. The van der Waals surface area contributed by atoms with Crippen molar-refractivity contribution in [3.8, 4) is 0 Å². The number of amides is 1. The van der Waals surface area contributed by atoms with Crippen molar-refractivity contribution in [1.29, 1.82) is 0 Å². The van der Waals surface area contributed by atoms with Crippen molar-refractivity contribution in [3.05, 3.63) is 11.6 Å². The summed E-state index contributed by atoms with van der Waals surface area (Å²) in [7, 11) is 1.74. The second kappa shape index (κ2) is 7.47. The normalized spacial score (nSPS) is 24.9. The topological polar surface area (TPSA) is 48.0 Å². The van der Waals surface area contributed by atoms with Crippen LogP contribution in [0.1, 0.15) is 46.5 Å².